The van der Waals surface area contributed by atoms with E-state index < -0.39 is 0 Å². The predicted molar refractivity (Wildman–Crippen MR) is 59.7 cm³/mol. The van der Waals surface area contributed by atoms with E-state index in [1.807, 2.05) is 26.0 Å². The molecule has 4 heteroatoms. The summed E-state index contributed by atoms with van der Waals surface area (Å²) in [6.45, 7) is 3.75. The number of aromatic nitrogens is 2. The molecule has 0 aliphatic rings. The molecule has 78 valence electrons. The van der Waals surface area contributed by atoms with Gasteiger partial charge in [-0.15, -0.1) is 0 Å². The lowest BCUT2D eigenvalue weighted by Crippen LogP contribution is -1.99. The molecule has 1 aromatic carbocycles. The maximum atomic E-state index is 9.68. The molecule has 2 aromatic rings. The Hall–Kier alpha value is -1.48. The quantitative estimate of drug-likeness (QED) is 0.806. The number of rotatable bonds is 1. The molecule has 0 bridgehead atoms. The molecule has 15 heavy (non-hydrogen) atoms. The van der Waals surface area contributed by atoms with E-state index >= 15 is 0 Å². The maximum Gasteiger partial charge on any atom is 0.214 e. The van der Waals surface area contributed by atoms with Crippen LogP contribution in [-0.4, -0.2) is 14.9 Å². The third kappa shape index (κ3) is 1.70. The summed E-state index contributed by atoms with van der Waals surface area (Å²) in [5, 5.41) is 14.4. The third-order valence-electron chi connectivity index (χ3n) is 2.21. The number of halogens is 1. The van der Waals surface area contributed by atoms with Gasteiger partial charge in [0, 0.05) is 6.07 Å². The van der Waals surface area contributed by atoms with Gasteiger partial charge in [-0.25, -0.2) is 0 Å². The number of aromatic hydroxyl groups is 1. The fraction of sp³-hybridized carbons (Fsp3) is 0.182. The highest BCUT2D eigenvalue weighted by Gasteiger charge is 2.11. The Morgan fingerprint density at radius 1 is 1.33 bits per heavy atom. The fourth-order valence-corrected chi connectivity index (χ4v) is 1.84. The summed E-state index contributed by atoms with van der Waals surface area (Å²) in [5.74, 6) is 0.101. The number of para-hydroxylation sites is 1. The summed E-state index contributed by atoms with van der Waals surface area (Å²) < 4.78 is 1.45. The molecule has 0 aliphatic carbocycles. The Morgan fingerprint density at radius 2 is 2.07 bits per heavy atom. The van der Waals surface area contributed by atoms with Crippen molar-refractivity contribution in [1.82, 2.24) is 9.78 Å². The molecule has 2 rings (SSSR count). The minimum atomic E-state index is 0.101. The van der Waals surface area contributed by atoms with Crippen molar-refractivity contribution >= 4 is 11.6 Å². The van der Waals surface area contributed by atoms with E-state index in [2.05, 4.69) is 5.10 Å². The Morgan fingerprint density at radius 3 is 2.60 bits per heavy atom. The summed E-state index contributed by atoms with van der Waals surface area (Å²) in [4.78, 5) is 0. The molecule has 1 N–H and O–H groups in total. The van der Waals surface area contributed by atoms with Gasteiger partial charge in [0.2, 0.25) is 5.88 Å². The van der Waals surface area contributed by atoms with Gasteiger partial charge in [-0.2, -0.15) is 9.78 Å². The average Bonchev–Trinajstić information content (AvgIpc) is 2.45. The van der Waals surface area contributed by atoms with Crippen molar-refractivity contribution in [3.63, 3.8) is 0 Å². The molecule has 0 amide bonds. The van der Waals surface area contributed by atoms with Gasteiger partial charge < -0.3 is 5.11 Å². The minimum Gasteiger partial charge on any atom is -0.493 e. The molecular formula is C11H11ClN2O. The van der Waals surface area contributed by atoms with Crippen molar-refractivity contribution in [2.45, 2.75) is 13.8 Å². The Kier molecular flexibility index (Phi) is 2.40. The van der Waals surface area contributed by atoms with E-state index in [0.29, 0.717) is 5.02 Å². The monoisotopic (exact) mass is 222 g/mol. The van der Waals surface area contributed by atoms with E-state index in [-0.39, 0.29) is 5.88 Å². The SMILES string of the molecule is Cc1cc(O)n(-c2c(C)cccc2Cl)n1. The van der Waals surface area contributed by atoms with E-state index in [9.17, 15) is 5.11 Å². The Balaban J connectivity index is 2.68. The summed E-state index contributed by atoms with van der Waals surface area (Å²) in [6.07, 6.45) is 0. The van der Waals surface area contributed by atoms with E-state index in [1.165, 1.54) is 4.68 Å². The van der Waals surface area contributed by atoms with Crippen LogP contribution in [0.4, 0.5) is 0 Å². The molecular weight excluding hydrogens is 212 g/mol. The van der Waals surface area contributed by atoms with Gasteiger partial charge in [-0.1, -0.05) is 23.7 Å². The van der Waals surface area contributed by atoms with Crippen molar-refractivity contribution < 1.29 is 5.11 Å². The first kappa shape index (κ1) is 10.1. The van der Waals surface area contributed by atoms with Crippen molar-refractivity contribution in [2.75, 3.05) is 0 Å². The van der Waals surface area contributed by atoms with Crippen molar-refractivity contribution in [3.8, 4) is 11.6 Å². The van der Waals surface area contributed by atoms with Gasteiger partial charge in [-0.3, -0.25) is 0 Å². The van der Waals surface area contributed by atoms with Crippen LogP contribution in [0.2, 0.25) is 5.02 Å². The van der Waals surface area contributed by atoms with Gasteiger partial charge in [0.25, 0.3) is 0 Å². The predicted octanol–water partition coefficient (Wildman–Crippen LogP) is 2.85. The van der Waals surface area contributed by atoms with E-state index in [1.54, 1.807) is 12.1 Å². The van der Waals surface area contributed by atoms with E-state index in [4.69, 9.17) is 11.6 Å². The third-order valence-corrected chi connectivity index (χ3v) is 2.52. The number of nitrogens with zero attached hydrogens (tertiary/aromatic N) is 2. The van der Waals surface area contributed by atoms with Crippen LogP contribution in [0, 0.1) is 13.8 Å². The van der Waals surface area contributed by atoms with Crippen LogP contribution in [0.15, 0.2) is 24.3 Å². The van der Waals surface area contributed by atoms with Crippen molar-refractivity contribution in [2.24, 2.45) is 0 Å². The molecule has 0 spiro atoms. The standard InChI is InChI=1S/C11H11ClN2O/c1-7-4-3-5-9(12)11(7)14-10(15)6-8(2)13-14/h3-6,15H,1-2H3. The Labute approximate surface area is 92.9 Å². The van der Waals surface area contributed by atoms with Gasteiger partial charge in [0.15, 0.2) is 0 Å². The molecule has 0 saturated carbocycles. The van der Waals surface area contributed by atoms with Crippen LogP contribution in [0.3, 0.4) is 0 Å². The van der Waals surface area contributed by atoms with Gasteiger partial charge in [0.05, 0.1) is 16.4 Å². The van der Waals surface area contributed by atoms with Crippen LogP contribution < -0.4 is 0 Å². The van der Waals surface area contributed by atoms with Gasteiger partial charge in [-0.05, 0) is 25.5 Å². The highest BCUT2D eigenvalue weighted by molar-refractivity contribution is 6.32. The lowest BCUT2D eigenvalue weighted by Gasteiger charge is -2.08. The van der Waals surface area contributed by atoms with Gasteiger partial charge >= 0.3 is 0 Å². The second-order valence-electron chi connectivity index (χ2n) is 3.46. The maximum absolute atomic E-state index is 9.68. The fourth-order valence-electron chi connectivity index (χ4n) is 1.54. The minimum absolute atomic E-state index is 0.101. The molecule has 0 fully saturated rings. The second kappa shape index (κ2) is 3.59. The molecule has 0 radical (unpaired) electrons. The lowest BCUT2D eigenvalue weighted by atomic mass is 10.2. The molecule has 0 atom stereocenters. The Bertz CT molecular complexity index is 485. The highest BCUT2D eigenvalue weighted by atomic mass is 35.5. The largest absolute Gasteiger partial charge is 0.493 e. The summed E-state index contributed by atoms with van der Waals surface area (Å²) in [6, 6.07) is 7.18. The lowest BCUT2D eigenvalue weighted by molar-refractivity contribution is 0.433. The zero-order chi connectivity index (χ0) is 11.0. The second-order valence-corrected chi connectivity index (χ2v) is 3.87. The van der Waals surface area contributed by atoms with Crippen molar-refractivity contribution in [1.29, 1.82) is 0 Å². The van der Waals surface area contributed by atoms with Crippen LogP contribution in [-0.2, 0) is 0 Å². The molecule has 1 aromatic heterocycles. The van der Waals surface area contributed by atoms with E-state index in [0.717, 1.165) is 16.9 Å². The summed E-state index contributed by atoms with van der Waals surface area (Å²) in [7, 11) is 0. The first-order chi connectivity index (χ1) is 7.09. The summed E-state index contributed by atoms with van der Waals surface area (Å²) in [5.41, 5.74) is 2.46. The van der Waals surface area contributed by atoms with Crippen LogP contribution in [0.25, 0.3) is 5.69 Å². The smallest absolute Gasteiger partial charge is 0.214 e. The topological polar surface area (TPSA) is 38.0 Å². The zero-order valence-corrected chi connectivity index (χ0v) is 9.28. The van der Waals surface area contributed by atoms with Crippen LogP contribution in [0.5, 0.6) is 5.88 Å². The van der Waals surface area contributed by atoms with Crippen LogP contribution >= 0.6 is 11.6 Å². The normalized spacial score (nSPS) is 10.6. The van der Waals surface area contributed by atoms with Gasteiger partial charge in [0.1, 0.15) is 0 Å². The number of benzene rings is 1. The molecule has 0 saturated heterocycles. The van der Waals surface area contributed by atoms with Crippen molar-refractivity contribution in [3.05, 3.63) is 40.5 Å². The number of hydrogen-bond donors (Lipinski definition) is 1. The number of hydrogen-bond acceptors (Lipinski definition) is 2. The molecule has 0 unspecified atom stereocenters. The summed E-state index contributed by atoms with van der Waals surface area (Å²) >= 11 is 6.07. The number of aryl methyl sites for hydroxylation is 2. The molecule has 3 nitrogen and oxygen atoms in total. The molecule has 0 aliphatic heterocycles. The first-order valence-corrected chi connectivity index (χ1v) is 4.98. The first-order valence-electron chi connectivity index (χ1n) is 4.60. The van der Waals surface area contributed by atoms with Crippen LogP contribution in [0.1, 0.15) is 11.3 Å². The molecule has 1 heterocycles. The zero-order valence-electron chi connectivity index (χ0n) is 8.53. The highest BCUT2D eigenvalue weighted by Crippen LogP contribution is 2.27. The average molecular weight is 223 g/mol.